The summed E-state index contributed by atoms with van der Waals surface area (Å²) in [6.07, 6.45) is 6.37. The number of aromatic nitrogens is 4. The largest absolute Gasteiger partial charge is 0.334 e. The zero-order valence-electron chi connectivity index (χ0n) is 14.1. The lowest BCUT2D eigenvalue weighted by Crippen LogP contribution is -2.39. The molecule has 0 bridgehead atoms. The van der Waals surface area contributed by atoms with Gasteiger partial charge < -0.3 is 4.90 Å². The highest BCUT2D eigenvalue weighted by Gasteiger charge is 2.29. The van der Waals surface area contributed by atoms with Crippen LogP contribution >= 0.6 is 0 Å². The van der Waals surface area contributed by atoms with Gasteiger partial charge in [0.15, 0.2) is 0 Å². The van der Waals surface area contributed by atoms with Gasteiger partial charge in [-0.05, 0) is 57.6 Å². The van der Waals surface area contributed by atoms with Crippen molar-refractivity contribution in [2.75, 3.05) is 6.54 Å². The zero-order valence-corrected chi connectivity index (χ0v) is 14.1. The quantitative estimate of drug-likeness (QED) is 0.910. The van der Waals surface area contributed by atoms with Gasteiger partial charge in [-0.1, -0.05) is 0 Å². The Labute approximate surface area is 136 Å². The minimum absolute atomic E-state index is 0.144. The number of H-pyrrole nitrogens is 2. The third-order valence-corrected chi connectivity index (χ3v) is 4.89. The summed E-state index contributed by atoms with van der Waals surface area (Å²) in [7, 11) is 0. The molecule has 0 aromatic carbocycles. The van der Waals surface area contributed by atoms with Gasteiger partial charge in [-0.3, -0.25) is 15.0 Å². The van der Waals surface area contributed by atoms with E-state index < -0.39 is 0 Å². The van der Waals surface area contributed by atoms with E-state index in [2.05, 4.69) is 20.4 Å². The second-order valence-corrected chi connectivity index (χ2v) is 6.48. The van der Waals surface area contributed by atoms with Crippen molar-refractivity contribution >= 4 is 5.91 Å². The van der Waals surface area contributed by atoms with Gasteiger partial charge in [-0.25, -0.2) is 0 Å². The number of amides is 1. The highest BCUT2D eigenvalue weighted by Crippen LogP contribution is 2.32. The SMILES string of the molecule is Cc1cn[nH]c1[C@@H]1CCCCN1C(=O)CCc1c(C)n[nH]c1C. The van der Waals surface area contributed by atoms with E-state index in [0.717, 1.165) is 54.9 Å². The molecule has 3 heterocycles. The van der Waals surface area contributed by atoms with E-state index in [1.165, 1.54) is 5.56 Å². The first-order valence-corrected chi connectivity index (χ1v) is 8.37. The lowest BCUT2D eigenvalue weighted by Gasteiger charge is -2.35. The molecule has 1 aliphatic rings. The highest BCUT2D eigenvalue weighted by atomic mass is 16.2. The summed E-state index contributed by atoms with van der Waals surface area (Å²) in [6, 6.07) is 0.144. The number of piperidine rings is 1. The molecule has 1 aliphatic heterocycles. The summed E-state index contributed by atoms with van der Waals surface area (Å²) in [5.41, 5.74) is 5.46. The third kappa shape index (κ3) is 3.16. The zero-order chi connectivity index (χ0) is 16.4. The van der Waals surface area contributed by atoms with Crippen LogP contribution < -0.4 is 0 Å². The first-order valence-electron chi connectivity index (χ1n) is 8.37. The average Bonchev–Trinajstić information content (AvgIpc) is 3.11. The van der Waals surface area contributed by atoms with Gasteiger partial charge >= 0.3 is 0 Å². The number of nitrogens with zero attached hydrogens (tertiary/aromatic N) is 3. The summed E-state index contributed by atoms with van der Waals surface area (Å²) in [6.45, 7) is 6.89. The number of aryl methyl sites for hydroxylation is 3. The first kappa shape index (κ1) is 15.8. The molecule has 0 spiro atoms. The molecule has 23 heavy (non-hydrogen) atoms. The van der Waals surface area contributed by atoms with Crippen molar-refractivity contribution < 1.29 is 4.79 Å². The van der Waals surface area contributed by atoms with Crippen LogP contribution in [0.3, 0.4) is 0 Å². The van der Waals surface area contributed by atoms with E-state index >= 15 is 0 Å². The van der Waals surface area contributed by atoms with Gasteiger partial charge in [0.2, 0.25) is 5.91 Å². The van der Waals surface area contributed by atoms with Crippen molar-refractivity contribution in [2.45, 2.75) is 58.9 Å². The van der Waals surface area contributed by atoms with Crippen LogP contribution in [0.4, 0.5) is 0 Å². The molecule has 2 aromatic heterocycles. The van der Waals surface area contributed by atoms with Gasteiger partial charge in [-0.15, -0.1) is 0 Å². The van der Waals surface area contributed by atoms with E-state index in [9.17, 15) is 4.79 Å². The van der Waals surface area contributed by atoms with Crippen molar-refractivity contribution in [3.63, 3.8) is 0 Å². The second kappa shape index (κ2) is 6.56. The van der Waals surface area contributed by atoms with Crippen LogP contribution in [0.5, 0.6) is 0 Å². The van der Waals surface area contributed by atoms with Gasteiger partial charge in [0.1, 0.15) is 0 Å². The van der Waals surface area contributed by atoms with Crippen LogP contribution in [0, 0.1) is 20.8 Å². The Balaban J connectivity index is 1.71. The van der Waals surface area contributed by atoms with Gasteiger partial charge in [0, 0.05) is 18.7 Å². The van der Waals surface area contributed by atoms with E-state index in [1.54, 1.807) is 0 Å². The molecule has 0 saturated carbocycles. The molecule has 6 nitrogen and oxygen atoms in total. The number of rotatable bonds is 4. The lowest BCUT2D eigenvalue weighted by molar-refractivity contribution is -0.135. The minimum Gasteiger partial charge on any atom is -0.334 e. The topological polar surface area (TPSA) is 77.7 Å². The Hall–Kier alpha value is -2.11. The van der Waals surface area contributed by atoms with E-state index in [1.807, 2.05) is 31.9 Å². The number of carbonyl (C=O) groups excluding carboxylic acids is 1. The maximum Gasteiger partial charge on any atom is 0.223 e. The van der Waals surface area contributed by atoms with E-state index in [0.29, 0.717) is 6.42 Å². The first-order chi connectivity index (χ1) is 11.1. The number of hydrogen-bond acceptors (Lipinski definition) is 3. The van der Waals surface area contributed by atoms with Crippen molar-refractivity contribution in [3.8, 4) is 0 Å². The molecular formula is C17H25N5O. The monoisotopic (exact) mass is 315 g/mol. The Bertz CT molecular complexity index is 667. The van der Waals surface area contributed by atoms with Crippen LogP contribution in [0.2, 0.25) is 0 Å². The number of nitrogens with one attached hydrogen (secondary N) is 2. The summed E-state index contributed by atoms with van der Waals surface area (Å²) >= 11 is 0. The van der Waals surface area contributed by atoms with Gasteiger partial charge in [0.25, 0.3) is 0 Å². The Kier molecular flexibility index (Phi) is 4.50. The fourth-order valence-electron chi connectivity index (χ4n) is 3.54. The summed E-state index contributed by atoms with van der Waals surface area (Å²) < 4.78 is 0. The second-order valence-electron chi connectivity index (χ2n) is 6.48. The van der Waals surface area contributed by atoms with Crippen LogP contribution in [-0.4, -0.2) is 37.7 Å². The molecule has 124 valence electrons. The van der Waals surface area contributed by atoms with Gasteiger partial charge in [0.05, 0.1) is 23.6 Å². The van der Waals surface area contributed by atoms with Crippen molar-refractivity contribution in [2.24, 2.45) is 0 Å². The summed E-state index contributed by atoms with van der Waals surface area (Å²) in [4.78, 5) is 14.8. The third-order valence-electron chi connectivity index (χ3n) is 4.89. The number of aromatic amines is 2. The molecule has 1 atom stereocenters. The highest BCUT2D eigenvalue weighted by molar-refractivity contribution is 5.77. The van der Waals surface area contributed by atoms with Crippen LogP contribution in [0.15, 0.2) is 6.20 Å². The summed E-state index contributed by atoms with van der Waals surface area (Å²) in [5.74, 6) is 0.226. The van der Waals surface area contributed by atoms with E-state index in [-0.39, 0.29) is 11.9 Å². The Morgan fingerprint density at radius 3 is 2.78 bits per heavy atom. The molecule has 0 aliphatic carbocycles. The molecule has 0 radical (unpaired) electrons. The van der Waals surface area contributed by atoms with Crippen molar-refractivity contribution in [3.05, 3.63) is 34.4 Å². The van der Waals surface area contributed by atoms with Crippen LogP contribution in [0.1, 0.15) is 59.9 Å². The summed E-state index contributed by atoms with van der Waals surface area (Å²) in [5, 5.41) is 14.4. The maximum absolute atomic E-state index is 12.8. The Morgan fingerprint density at radius 1 is 1.30 bits per heavy atom. The molecule has 1 fully saturated rings. The molecule has 1 amide bonds. The predicted octanol–water partition coefficient (Wildman–Crippen LogP) is 2.74. The van der Waals surface area contributed by atoms with Crippen LogP contribution in [0.25, 0.3) is 0 Å². The standard InChI is InChI=1S/C17H25N5O/c1-11-10-18-21-17(11)15-6-4-5-9-22(15)16(23)8-7-14-12(2)19-20-13(14)3/h10,15H,4-9H2,1-3H3,(H,18,21)(H,19,20)/t15-/m0/s1. The molecule has 1 saturated heterocycles. The maximum atomic E-state index is 12.8. The van der Waals surface area contributed by atoms with Crippen molar-refractivity contribution in [1.29, 1.82) is 0 Å². The molecule has 2 N–H and O–H groups in total. The Morgan fingerprint density at radius 2 is 2.13 bits per heavy atom. The van der Waals surface area contributed by atoms with Crippen LogP contribution in [-0.2, 0) is 11.2 Å². The van der Waals surface area contributed by atoms with E-state index in [4.69, 9.17) is 0 Å². The number of carbonyl (C=O) groups is 1. The lowest BCUT2D eigenvalue weighted by atomic mass is 9.96. The minimum atomic E-state index is 0.144. The molecule has 0 unspecified atom stereocenters. The molecule has 6 heteroatoms. The fourth-order valence-corrected chi connectivity index (χ4v) is 3.54. The number of hydrogen-bond donors (Lipinski definition) is 2. The van der Waals surface area contributed by atoms with Crippen molar-refractivity contribution in [1.82, 2.24) is 25.3 Å². The smallest absolute Gasteiger partial charge is 0.223 e. The molecular weight excluding hydrogens is 290 g/mol. The fraction of sp³-hybridized carbons (Fsp3) is 0.588. The molecule has 3 rings (SSSR count). The average molecular weight is 315 g/mol. The molecule has 2 aromatic rings. The normalized spacial score (nSPS) is 18.4. The number of likely N-dealkylation sites (tertiary alicyclic amines) is 1. The predicted molar refractivity (Wildman–Crippen MR) is 88.0 cm³/mol. The van der Waals surface area contributed by atoms with Gasteiger partial charge in [-0.2, -0.15) is 10.2 Å².